The molecule has 164 valence electrons. The van der Waals surface area contributed by atoms with Crippen LogP contribution in [0, 0.1) is 0 Å². The summed E-state index contributed by atoms with van der Waals surface area (Å²) in [4.78, 5) is 24.7. The molecule has 0 aromatic heterocycles. The van der Waals surface area contributed by atoms with Crippen molar-refractivity contribution in [1.82, 2.24) is 0 Å². The van der Waals surface area contributed by atoms with Crippen molar-refractivity contribution in [2.45, 2.75) is 11.3 Å². The number of esters is 1. The SMILES string of the molecule is COc1ccc(C(=O)COC(=O)c2cccc(S(=O)(=O)N3CCc4ccccc43)c2)cc1. The van der Waals surface area contributed by atoms with Crippen molar-refractivity contribution in [3.63, 3.8) is 0 Å². The number of ether oxygens (including phenoxy) is 2. The first-order chi connectivity index (χ1) is 15.4. The Morgan fingerprint density at radius 1 is 0.938 bits per heavy atom. The summed E-state index contributed by atoms with van der Waals surface area (Å²) in [6, 6.07) is 19.4. The van der Waals surface area contributed by atoms with E-state index in [4.69, 9.17) is 9.47 Å². The van der Waals surface area contributed by atoms with Crippen LogP contribution in [-0.2, 0) is 21.2 Å². The molecule has 32 heavy (non-hydrogen) atoms. The molecule has 0 fully saturated rings. The van der Waals surface area contributed by atoms with Gasteiger partial charge in [0.1, 0.15) is 5.75 Å². The average Bonchev–Trinajstić information content (AvgIpc) is 3.27. The number of Topliss-reactive ketones (excluding diaryl/α,β-unsaturated/α-hetero) is 1. The maximum Gasteiger partial charge on any atom is 0.338 e. The second kappa shape index (κ2) is 8.84. The van der Waals surface area contributed by atoms with E-state index in [2.05, 4.69) is 0 Å². The van der Waals surface area contributed by atoms with Crippen LogP contribution in [0.25, 0.3) is 0 Å². The van der Waals surface area contributed by atoms with Gasteiger partial charge in [0, 0.05) is 12.1 Å². The topological polar surface area (TPSA) is 90.0 Å². The quantitative estimate of drug-likeness (QED) is 0.404. The van der Waals surface area contributed by atoms with Crippen LogP contribution in [0.5, 0.6) is 5.75 Å². The lowest BCUT2D eigenvalue weighted by molar-refractivity contribution is 0.0474. The van der Waals surface area contributed by atoms with Crippen molar-refractivity contribution < 1.29 is 27.5 Å². The average molecular weight is 452 g/mol. The normalized spacial score (nSPS) is 12.8. The fourth-order valence-corrected chi connectivity index (χ4v) is 5.09. The van der Waals surface area contributed by atoms with Gasteiger partial charge in [0.05, 0.1) is 23.3 Å². The van der Waals surface area contributed by atoms with Gasteiger partial charge in [-0.05, 0) is 60.5 Å². The van der Waals surface area contributed by atoms with Crippen molar-refractivity contribution in [2.75, 3.05) is 24.6 Å². The van der Waals surface area contributed by atoms with E-state index in [0.29, 0.717) is 30.0 Å². The molecule has 0 radical (unpaired) electrons. The van der Waals surface area contributed by atoms with Crippen LogP contribution in [0.1, 0.15) is 26.3 Å². The number of carbonyl (C=O) groups is 2. The highest BCUT2D eigenvalue weighted by Gasteiger charge is 2.31. The summed E-state index contributed by atoms with van der Waals surface area (Å²) in [6.45, 7) is -0.117. The number of sulfonamides is 1. The number of anilines is 1. The molecule has 0 unspecified atom stereocenters. The minimum absolute atomic E-state index is 0.00914. The summed E-state index contributed by atoms with van der Waals surface area (Å²) in [5.41, 5.74) is 2.04. The molecule has 1 heterocycles. The maximum absolute atomic E-state index is 13.2. The molecule has 3 aromatic rings. The zero-order valence-electron chi connectivity index (χ0n) is 17.4. The highest BCUT2D eigenvalue weighted by molar-refractivity contribution is 7.92. The summed E-state index contributed by atoms with van der Waals surface area (Å²) >= 11 is 0. The number of fused-ring (bicyclic) bond motifs is 1. The number of para-hydroxylation sites is 1. The van der Waals surface area contributed by atoms with Gasteiger partial charge in [-0.1, -0.05) is 24.3 Å². The van der Waals surface area contributed by atoms with Gasteiger partial charge in [-0.15, -0.1) is 0 Å². The Labute approximate surface area is 186 Å². The zero-order valence-corrected chi connectivity index (χ0v) is 18.2. The molecule has 0 saturated heterocycles. The van der Waals surface area contributed by atoms with Gasteiger partial charge in [0.15, 0.2) is 12.4 Å². The smallest absolute Gasteiger partial charge is 0.338 e. The van der Waals surface area contributed by atoms with Crippen molar-refractivity contribution >= 4 is 27.5 Å². The Balaban J connectivity index is 1.47. The van der Waals surface area contributed by atoms with E-state index < -0.39 is 22.6 Å². The van der Waals surface area contributed by atoms with Gasteiger partial charge in [-0.3, -0.25) is 9.10 Å². The van der Waals surface area contributed by atoms with E-state index in [9.17, 15) is 18.0 Å². The zero-order chi connectivity index (χ0) is 22.7. The molecule has 0 saturated carbocycles. The number of methoxy groups -OCH3 is 1. The molecule has 0 atom stereocenters. The predicted octanol–water partition coefficient (Wildman–Crippen LogP) is 3.49. The molecular weight excluding hydrogens is 430 g/mol. The summed E-state index contributed by atoms with van der Waals surface area (Å²) in [6.07, 6.45) is 0.630. The second-order valence-electron chi connectivity index (χ2n) is 7.21. The molecule has 1 aliphatic rings. The number of hydrogen-bond donors (Lipinski definition) is 0. The number of benzene rings is 3. The molecule has 3 aromatic carbocycles. The first kappa shape index (κ1) is 21.6. The Bertz CT molecular complexity index is 1270. The Kier molecular flexibility index (Phi) is 5.96. The van der Waals surface area contributed by atoms with E-state index in [1.54, 1.807) is 36.4 Å². The van der Waals surface area contributed by atoms with E-state index >= 15 is 0 Å². The van der Waals surface area contributed by atoms with Crippen LogP contribution in [0.15, 0.2) is 77.7 Å². The van der Waals surface area contributed by atoms with Gasteiger partial charge in [0.2, 0.25) is 0 Å². The van der Waals surface area contributed by atoms with Crippen molar-refractivity contribution in [3.8, 4) is 5.75 Å². The van der Waals surface area contributed by atoms with Crippen LogP contribution >= 0.6 is 0 Å². The molecule has 0 aliphatic carbocycles. The summed E-state index contributed by atoms with van der Waals surface area (Å²) in [5.74, 6) is -0.540. The molecule has 0 bridgehead atoms. The first-order valence-electron chi connectivity index (χ1n) is 9.95. The van der Waals surface area contributed by atoms with Gasteiger partial charge < -0.3 is 9.47 Å². The Morgan fingerprint density at radius 3 is 2.44 bits per heavy atom. The molecule has 8 heteroatoms. The fourth-order valence-electron chi connectivity index (χ4n) is 3.54. The second-order valence-corrected chi connectivity index (χ2v) is 9.07. The van der Waals surface area contributed by atoms with E-state index in [1.165, 1.54) is 35.7 Å². The van der Waals surface area contributed by atoms with Crippen LogP contribution in [-0.4, -0.2) is 40.4 Å². The van der Waals surface area contributed by atoms with Crippen LogP contribution < -0.4 is 9.04 Å². The third-order valence-corrected chi connectivity index (χ3v) is 7.06. The third-order valence-electron chi connectivity index (χ3n) is 5.25. The van der Waals surface area contributed by atoms with E-state index in [1.807, 2.05) is 12.1 Å². The minimum atomic E-state index is -3.84. The number of hydrogen-bond acceptors (Lipinski definition) is 6. The minimum Gasteiger partial charge on any atom is -0.497 e. The molecule has 0 amide bonds. The van der Waals surface area contributed by atoms with Crippen LogP contribution in [0.2, 0.25) is 0 Å². The van der Waals surface area contributed by atoms with Gasteiger partial charge >= 0.3 is 5.97 Å². The third kappa shape index (κ3) is 4.22. The lowest BCUT2D eigenvalue weighted by Gasteiger charge is -2.19. The van der Waals surface area contributed by atoms with Gasteiger partial charge in [-0.25, -0.2) is 13.2 Å². The predicted molar refractivity (Wildman–Crippen MR) is 119 cm³/mol. The lowest BCUT2D eigenvalue weighted by Crippen LogP contribution is -2.29. The monoisotopic (exact) mass is 451 g/mol. The Morgan fingerprint density at radius 2 is 1.69 bits per heavy atom. The van der Waals surface area contributed by atoms with Gasteiger partial charge in [-0.2, -0.15) is 0 Å². The highest BCUT2D eigenvalue weighted by Crippen LogP contribution is 2.32. The summed E-state index contributed by atoms with van der Waals surface area (Å²) < 4.78 is 37.9. The number of nitrogens with zero attached hydrogens (tertiary/aromatic N) is 1. The standard InChI is InChI=1S/C24H21NO6S/c1-30-20-11-9-18(10-12-20)23(26)16-31-24(27)19-6-4-7-21(15-19)32(28,29)25-14-13-17-5-2-3-8-22(17)25/h2-12,15H,13-14,16H2,1H3. The van der Waals surface area contributed by atoms with Crippen molar-refractivity contribution in [3.05, 3.63) is 89.5 Å². The maximum atomic E-state index is 13.2. The van der Waals surface area contributed by atoms with Gasteiger partial charge in [0.25, 0.3) is 10.0 Å². The molecule has 1 aliphatic heterocycles. The number of carbonyl (C=O) groups excluding carboxylic acids is 2. The molecule has 0 spiro atoms. The largest absolute Gasteiger partial charge is 0.497 e. The van der Waals surface area contributed by atoms with Crippen molar-refractivity contribution in [1.29, 1.82) is 0 Å². The van der Waals surface area contributed by atoms with E-state index in [-0.39, 0.29) is 16.2 Å². The van der Waals surface area contributed by atoms with Crippen LogP contribution in [0.4, 0.5) is 5.69 Å². The fraction of sp³-hybridized carbons (Fsp3) is 0.167. The molecule has 7 nitrogen and oxygen atoms in total. The summed E-state index contributed by atoms with van der Waals surface area (Å²) in [7, 11) is -2.32. The lowest BCUT2D eigenvalue weighted by atomic mass is 10.1. The highest BCUT2D eigenvalue weighted by atomic mass is 32.2. The number of ketones is 1. The number of rotatable bonds is 7. The molecular formula is C24H21NO6S. The summed E-state index contributed by atoms with van der Waals surface area (Å²) in [5, 5.41) is 0. The van der Waals surface area contributed by atoms with Crippen LogP contribution in [0.3, 0.4) is 0 Å². The van der Waals surface area contributed by atoms with E-state index in [0.717, 1.165) is 5.56 Å². The Hall–Kier alpha value is -3.65. The molecule has 0 N–H and O–H groups in total. The molecule has 4 rings (SSSR count). The van der Waals surface area contributed by atoms with Crippen molar-refractivity contribution in [2.24, 2.45) is 0 Å². The first-order valence-corrected chi connectivity index (χ1v) is 11.4.